The maximum atomic E-state index is 13.4. The van der Waals surface area contributed by atoms with Crippen LogP contribution in [0.1, 0.15) is 63.3 Å². The molecule has 0 atom stereocenters. The molecule has 0 radical (unpaired) electrons. The highest BCUT2D eigenvalue weighted by Gasteiger charge is 2.22. The minimum absolute atomic E-state index is 0.0832. The first-order chi connectivity index (χ1) is 17.3. The van der Waals surface area contributed by atoms with Crippen LogP contribution in [0.3, 0.4) is 0 Å². The number of carbonyl (C=O) groups excluding carboxylic acids is 1. The molecule has 1 aliphatic carbocycles. The Hall–Kier alpha value is -4.08. The van der Waals surface area contributed by atoms with E-state index in [2.05, 4.69) is 5.10 Å². The summed E-state index contributed by atoms with van der Waals surface area (Å²) in [6.07, 6.45) is 6.08. The van der Waals surface area contributed by atoms with Gasteiger partial charge in [-0.2, -0.15) is 9.78 Å². The van der Waals surface area contributed by atoms with Crippen molar-refractivity contribution in [1.82, 2.24) is 9.66 Å². The lowest BCUT2D eigenvalue weighted by Crippen LogP contribution is -2.25. The molecule has 0 saturated heterocycles. The number of nitro benzene ring substituents is 1. The van der Waals surface area contributed by atoms with Crippen molar-refractivity contribution in [3.63, 3.8) is 0 Å². The number of fused-ring (bicyclic) bond motifs is 1. The summed E-state index contributed by atoms with van der Waals surface area (Å²) in [5.41, 5.74) is 0.365. The van der Waals surface area contributed by atoms with Gasteiger partial charge in [0.2, 0.25) is 0 Å². The number of hydrogen-bond acceptors (Lipinski definition) is 8. The van der Waals surface area contributed by atoms with Gasteiger partial charge in [0.15, 0.2) is 6.61 Å². The van der Waals surface area contributed by atoms with Gasteiger partial charge in [0.25, 0.3) is 11.2 Å². The van der Waals surface area contributed by atoms with Gasteiger partial charge in [-0.15, -0.1) is 0 Å². The van der Waals surface area contributed by atoms with E-state index in [4.69, 9.17) is 14.5 Å². The fraction of sp³-hybridized carbons (Fsp3) is 0.385. The second-order valence-corrected chi connectivity index (χ2v) is 8.99. The van der Waals surface area contributed by atoms with Gasteiger partial charge in [0.05, 0.1) is 28.1 Å². The molecule has 1 aliphatic rings. The summed E-state index contributed by atoms with van der Waals surface area (Å²) in [5, 5.41) is 16.2. The van der Waals surface area contributed by atoms with E-state index in [-0.39, 0.29) is 41.2 Å². The number of rotatable bonds is 8. The third-order valence-corrected chi connectivity index (χ3v) is 5.98. The van der Waals surface area contributed by atoms with E-state index in [1.165, 1.54) is 29.1 Å². The first kappa shape index (κ1) is 25.0. The topological polar surface area (TPSA) is 126 Å². The molecule has 36 heavy (non-hydrogen) atoms. The van der Waals surface area contributed by atoms with Gasteiger partial charge < -0.3 is 9.47 Å². The van der Waals surface area contributed by atoms with Gasteiger partial charge >= 0.3 is 5.97 Å². The zero-order chi connectivity index (χ0) is 25.7. The molecule has 4 rings (SSSR count). The van der Waals surface area contributed by atoms with Crippen LogP contribution >= 0.6 is 0 Å². The molecular formula is C26H28N4O6. The molecule has 0 spiro atoms. The standard InChI is InChI=1S/C26H28N4O6/c1-17(2)36-24(31)16-35-23-13-12-20(30(33)34)14-19(23)15-27-29-25(18-8-4-3-5-9-18)28-22-11-7-6-10-21(22)26(29)32/h6-7,10-15,17-18H,3-5,8-9,16H2,1-2H3. The molecule has 0 aliphatic heterocycles. The second-order valence-electron chi connectivity index (χ2n) is 8.99. The Morgan fingerprint density at radius 1 is 1.22 bits per heavy atom. The van der Waals surface area contributed by atoms with Crippen molar-refractivity contribution in [1.29, 1.82) is 0 Å². The summed E-state index contributed by atoms with van der Waals surface area (Å²) in [6.45, 7) is 3.07. The molecule has 1 heterocycles. The number of nitrogens with zero attached hydrogens (tertiary/aromatic N) is 4. The summed E-state index contributed by atoms with van der Waals surface area (Å²) in [6, 6.07) is 11.1. The Balaban J connectivity index is 1.75. The molecule has 0 unspecified atom stereocenters. The van der Waals surface area contributed by atoms with Gasteiger partial charge in [-0.05, 0) is 44.9 Å². The Morgan fingerprint density at radius 2 is 1.97 bits per heavy atom. The van der Waals surface area contributed by atoms with E-state index in [9.17, 15) is 19.7 Å². The first-order valence-electron chi connectivity index (χ1n) is 12.0. The predicted molar refractivity (Wildman–Crippen MR) is 135 cm³/mol. The lowest BCUT2D eigenvalue weighted by molar-refractivity contribution is -0.384. The SMILES string of the molecule is CC(C)OC(=O)COc1ccc([N+](=O)[O-])cc1C=Nn1c(C2CCCCC2)nc2ccccc2c1=O. The van der Waals surface area contributed by atoms with Crippen molar-refractivity contribution >= 4 is 28.8 Å². The lowest BCUT2D eigenvalue weighted by Gasteiger charge is -2.22. The molecule has 0 N–H and O–H groups in total. The highest BCUT2D eigenvalue weighted by atomic mass is 16.6. The molecule has 0 amide bonds. The van der Waals surface area contributed by atoms with Crippen molar-refractivity contribution < 1.29 is 19.2 Å². The lowest BCUT2D eigenvalue weighted by atomic mass is 9.88. The maximum Gasteiger partial charge on any atom is 0.344 e. The summed E-state index contributed by atoms with van der Waals surface area (Å²) >= 11 is 0. The van der Waals surface area contributed by atoms with Crippen molar-refractivity contribution in [2.24, 2.45) is 5.10 Å². The number of aromatic nitrogens is 2. The van der Waals surface area contributed by atoms with Crippen LogP contribution in [0.4, 0.5) is 5.69 Å². The van der Waals surface area contributed by atoms with Crippen molar-refractivity contribution in [2.75, 3.05) is 6.61 Å². The molecule has 1 saturated carbocycles. The molecule has 0 bridgehead atoms. The van der Waals surface area contributed by atoms with Crippen molar-refractivity contribution in [3.05, 3.63) is 74.3 Å². The number of hydrogen-bond donors (Lipinski definition) is 0. The number of nitro groups is 1. The van der Waals surface area contributed by atoms with Crippen LogP contribution in [0.15, 0.2) is 52.4 Å². The Labute approximate surface area is 207 Å². The summed E-state index contributed by atoms with van der Waals surface area (Å²) in [4.78, 5) is 40.9. The molecular weight excluding hydrogens is 464 g/mol. The van der Waals surface area contributed by atoms with Crippen LogP contribution in [0.2, 0.25) is 0 Å². The minimum atomic E-state index is -0.569. The van der Waals surface area contributed by atoms with Gasteiger partial charge in [-0.1, -0.05) is 31.4 Å². The van der Waals surface area contributed by atoms with Crippen LogP contribution < -0.4 is 10.3 Å². The number of non-ortho nitro benzene ring substituents is 1. The van der Waals surface area contributed by atoms with E-state index < -0.39 is 10.9 Å². The normalized spacial score (nSPS) is 14.4. The van der Waals surface area contributed by atoms with E-state index in [0.29, 0.717) is 16.7 Å². The number of benzene rings is 2. The van der Waals surface area contributed by atoms with E-state index in [0.717, 1.165) is 32.1 Å². The summed E-state index contributed by atoms with van der Waals surface area (Å²) < 4.78 is 11.9. The van der Waals surface area contributed by atoms with E-state index in [1.54, 1.807) is 32.0 Å². The Kier molecular flexibility index (Phi) is 7.72. The first-order valence-corrected chi connectivity index (χ1v) is 12.0. The minimum Gasteiger partial charge on any atom is -0.481 e. The molecule has 2 aromatic carbocycles. The zero-order valence-corrected chi connectivity index (χ0v) is 20.3. The monoisotopic (exact) mass is 492 g/mol. The van der Waals surface area contributed by atoms with E-state index in [1.807, 2.05) is 6.07 Å². The highest BCUT2D eigenvalue weighted by molar-refractivity contribution is 5.85. The summed E-state index contributed by atoms with van der Waals surface area (Å²) in [7, 11) is 0. The van der Waals surface area contributed by atoms with E-state index >= 15 is 0 Å². The van der Waals surface area contributed by atoms with Crippen molar-refractivity contribution in [2.45, 2.75) is 58.0 Å². The fourth-order valence-electron chi connectivity index (χ4n) is 4.31. The maximum absolute atomic E-state index is 13.4. The summed E-state index contributed by atoms with van der Waals surface area (Å²) in [5.74, 6) is 0.287. The third kappa shape index (κ3) is 5.76. The van der Waals surface area contributed by atoms with Gasteiger partial charge in [-0.3, -0.25) is 14.9 Å². The van der Waals surface area contributed by atoms with Crippen LogP contribution in [0.5, 0.6) is 5.75 Å². The van der Waals surface area contributed by atoms with Crippen LogP contribution in [0.25, 0.3) is 10.9 Å². The highest BCUT2D eigenvalue weighted by Crippen LogP contribution is 2.32. The molecule has 1 aromatic heterocycles. The van der Waals surface area contributed by atoms with Crippen molar-refractivity contribution in [3.8, 4) is 5.75 Å². The Morgan fingerprint density at radius 3 is 2.69 bits per heavy atom. The quantitative estimate of drug-likeness (QED) is 0.195. The van der Waals surface area contributed by atoms with Crippen LogP contribution in [0, 0.1) is 10.1 Å². The number of para-hydroxylation sites is 1. The zero-order valence-electron chi connectivity index (χ0n) is 20.3. The molecule has 1 fully saturated rings. The number of ether oxygens (including phenoxy) is 2. The number of esters is 1. The fourth-order valence-corrected chi connectivity index (χ4v) is 4.31. The second kappa shape index (κ2) is 11.1. The molecule has 10 heteroatoms. The average Bonchev–Trinajstić information content (AvgIpc) is 2.87. The largest absolute Gasteiger partial charge is 0.481 e. The third-order valence-electron chi connectivity index (χ3n) is 5.98. The van der Waals surface area contributed by atoms with Gasteiger partial charge in [-0.25, -0.2) is 9.78 Å². The molecule has 188 valence electrons. The smallest absolute Gasteiger partial charge is 0.344 e. The predicted octanol–water partition coefficient (Wildman–Crippen LogP) is 4.57. The van der Waals surface area contributed by atoms with Gasteiger partial charge in [0.1, 0.15) is 11.6 Å². The van der Waals surface area contributed by atoms with Crippen LogP contribution in [-0.2, 0) is 9.53 Å². The number of carbonyl (C=O) groups is 1. The molecule has 3 aromatic rings. The van der Waals surface area contributed by atoms with Gasteiger partial charge in [0, 0.05) is 23.6 Å². The average molecular weight is 493 g/mol. The Bertz CT molecular complexity index is 1360. The molecule has 10 nitrogen and oxygen atoms in total. The van der Waals surface area contributed by atoms with Crippen LogP contribution in [-0.4, -0.2) is 39.5 Å².